The lowest BCUT2D eigenvalue weighted by atomic mass is 10.1. The molecule has 0 unspecified atom stereocenters. The average molecular weight is 322 g/mol. The first-order valence-electron chi connectivity index (χ1n) is 7.03. The quantitative estimate of drug-likeness (QED) is 0.813. The molecule has 1 aliphatic heterocycles. The number of benzene rings is 1. The van der Waals surface area contributed by atoms with Gasteiger partial charge in [0, 0.05) is 18.2 Å². The lowest BCUT2D eigenvalue weighted by Crippen LogP contribution is -2.26. The fourth-order valence-electron chi connectivity index (χ4n) is 2.52. The van der Waals surface area contributed by atoms with E-state index in [1.165, 1.54) is 12.1 Å². The number of methoxy groups -OCH3 is 1. The maximum absolute atomic E-state index is 13.3. The predicted octanol–water partition coefficient (Wildman–Crippen LogP) is 2.86. The van der Waals surface area contributed by atoms with Crippen molar-refractivity contribution in [1.82, 2.24) is 9.55 Å². The van der Waals surface area contributed by atoms with Gasteiger partial charge in [-0.25, -0.2) is 9.78 Å². The zero-order valence-electron chi connectivity index (χ0n) is 12.1. The van der Waals surface area contributed by atoms with Crippen LogP contribution >= 0.6 is 0 Å². The molecule has 4 rings (SSSR count). The highest BCUT2D eigenvalue weighted by molar-refractivity contribution is 5.94. The molecule has 1 saturated carbocycles. The lowest BCUT2D eigenvalue weighted by molar-refractivity contribution is -0.286. The van der Waals surface area contributed by atoms with Gasteiger partial charge in [0.1, 0.15) is 5.56 Å². The van der Waals surface area contributed by atoms with E-state index in [1.807, 2.05) is 6.20 Å². The van der Waals surface area contributed by atoms with E-state index in [0.29, 0.717) is 11.6 Å². The highest BCUT2D eigenvalue weighted by atomic mass is 19.3. The van der Waals surface area contributed by atoms with Gasteiger partial charge in [-0.15, -0.1) is 8.78 Å². The van der Waals surface area contributed by atoms with Gasteiger partial charge in [0.25, 0.3) is 0 Å². The third-order valence-corrected chi connectivity index (χ3v) is 3.79. The number of fused-ring (bicyclic) bond motifs is 1. The van der Waals surface area contributed by atoms with E-state index < -0.39 is 12.3 Å². The second-order valence-corrected chi connectivity index (χ2v) is 5.46. The predicted molar refractivity (Wildman–Crippen MR) is 73.1 cm³/mol. The molecule has 6 nitrogen and oxygen atoms in total. The topological polar surface area (TPSA) is 62.6 Å². The second-order valence-electron chi connectivity index (χ2n) is 5.46. The Hall–Kier alpha value is -2.64. The first-order valence-corrected chi connectivity index (χ1v) is 7.03. The van der Waals surface area contributed by atoms with Crippen LogP contribution in [0.3, 0.4) is 0 Å². The van der Waals surface area contributed by atoms with Crippen molar-refractivity contribution in [2.24, 2.45) is 0 Å². The van der Waals surface area contributed by atoms with Crippen LogP contribution in [0.1, 0.15) is 34.8 Å². The number of esters is 1. The number of alkyl halides is 2. The van der Waals surface area contributed by atoms with Gasteiger partial charge < -0.3 is 18.8 Å². The Morgan fingerprint density at radius 2 is 2.17 bits per heavy atom. The van der Waals surface area contributed by atoms with Crippen LogP contribution in [-0.4, -0.2) is 28.9 Å². The van der Waals surface area contributed by atoms with E-state index in [0.717, 1.165) is 25.6 Å². The van der Waals surface area contributed by atoms with Crippen LogP contribution < -0.4 is 9.47 Å². The van der Waals surface area contributed by atoms with Gasteiger partial charge in [-0.3, -0.25) is 0 Å². The third kappa shape index (κ3) is 2.39. The summed E-state index contributed by atoms with van der Waals surface area (Å²) in [5.74, 6) is -0.871. The van der Waals surface area contributed by atoms with Gasteiger partial charge >= 0.3 is 12.3 Å². The van der Waals surface area contributed by atoms with Crippen molar-refractivity contribution >= 4 is 5.97 Å². The number of hydrogen-bond acceptors (Lipinski definition) is 5. The van der Waals surface area contributed by atoms with Crippen molar-refractivity contribution in [2.45, 2.75) is 25.1 Å². The maximum Gasteiger partial charge on any atom is 0.586 e. The third-order valence-electron chi connectivity index (χ3n) is 3.79. The lowest BCUT2D eigenvalue weighted by Gasteiger charge is -2.08. The van der Waals surface area contributed by atoms with E-state index in [4.69, 9.17) is 0 Å². The van der Waals surface area contributed by atoms with E-state index in [2.05, 4.69) is 19.2 Å². The van der Waals surface area contributed by atoms with E-state index in [-0.39, 0.29) is 17.1 Å². The summed E-state index contributed by atoms with van der Waals surface area (Å²) in [5, 5.41) is 0. The highest BCUT2D eigenvalue weighted by Crippen LogP contribution is 2.45. The molecule has 0 bridgehead atoms. The summed E-state index contributed by atoms with van der Waals surface area (Å²) in [5.41, 5.74) is 1.27. The van der Waals surface area contributed by atoms with Gasteiger partial charge in [-0.1, -0.05) is 0 Å². The number of ether oxygens (including phenoxy) is 3. The molecular weight excluding hydrogens is 310 g/mol. The number of carbonyl (C=O) groups excluding carboxylic acids is 1. The number of carbonyl (C=O) groups is 1. The standard InChI is InChI=1S/C15H12F2N2O4/c1-21-14(20)10-4-9(5-12-13(10)23-15(16,17)22-12)19-6-11(18-7-19)8-2-3-8/h4-8H,2-3H2,1H3. The number of aromatic nitrogens is 2. The van der Waals surface area contributed by atoms with Crippen LogP contribution in [0.25, 0.3) is 5.69 Å². The number of halogens is 2. The Kier molecular flexibility index (Phi) is 2.84. The molecule has 0 atom stereocenters. The minimum absolute atomic E-state index is 0.126. The Balaban J connectivity index is 1.80. The van der Waals surface area contributed by atoms with E-state index in [9.17, 15) is 13.6 Å². The molecule has 23 heavy (non-hydrogen) atoms. The molecule has 2 aromatic rings. The van der Waals surface area contributed by atoms with E-state index >= 15 is 0 Å². The minimum atomic E-state index is -3.81. The van der Waals surface area contributed by atoms with Crippen LogP contribution in [-0.2, 0) is 4.74 Å². The van der Waals surface area contributed by atoms with Gasteiger partial charge in [0.05, 0.1) is 24.8 Å². The molecule has 0 N–H and O–H groups in total. The number of imidazole rings is 1. The van der Waals surface area contributed by atoms with Crippen molar-refractivity contribution < 1.29 is 27.8 Å². The molecule has 2 heterocycles. The van der Waals surface area contributed by atoms with E-state index in [1.54, 1.807) is 10.9 Å². The van der Waals surface area contributed by atoms with Crippen LogP contribution in [0.2, 0.25) is 0 Å². The van der Waals surface area contributed by atoms with Crippen LogP contribution in [0.5, 0.6) is 11.5 Å². The first kappa shape index (κ1) is 14.0. The molecule has 0 saturated heterocycles. The summed E-state index contributed by atoms with van der Waals surface area (Å²) in [6, 6.07) is 2.79. The summed E-state index contributed by atoms with van der Waals surface area (Å²) in [7, 11) is 1.16. The molecule has 0 spiro atoms. The molecule has 1 fully saturated rings. The number of nitrogens with zero attached hydrogens (tertiary/aromatic N) is 2. The molecule has 1 aromatic heterocycles. The monoisotopic (exact) mass is 322 g/mol. The average Bonchev–Trinajstić information content (AvgIpc) is 3.15. The van der Waals surface area contributed by atoms with Gasteiger partial charge in [0.2, 0.25) is 0 Å². The minimum Gasteiger partial charge on any atom is -0.465 e. The fraction of sp³-hybridized carbons (Fsp3) is 0.333. The molecule has 8 heteroatoms. The highest BCUT2D eigenvalue weighted by Gasteiger charge is 2.46. The SMILES string of the molecule is COC(=O)c1cc(-n2cnc(C3CC3)c2)cc2c1OC(F)(F)O2. The summed E-state index contributed by atoms with van der Waals surface area (Å²) in [6.45, 7) is 0. The van der Waals surface area contributed by atoms with Crippen molar-refractivity contribution in [1.29, 1.82) is 0 Å². The first-order chi connectivity index (χ1) is 11.0. The van der Waals surface area contributed by atoms with Crippen molar-refractivity contribution in [2.75, 3.05) is 7.11 Å². The van der Waals surface area contributed by atoms with Crippen LogP contribution in [0, 0.1) is 0 Å². The molecule has 120 valence electrons. The van der Waals surface area contributed by atoms with Gasteiger partial charge in [-0.05, 0) is 18.9 Å². The van der Waals surface area contributed by atoms with Crippen molar-refractivity contribution in [3.8, 4) is 17.2 Å². The van der Waals surface area contributed by atoms with Crippen LogP contribution in [0.15, 0.2) is 24.7 Å². The summed E-state index contributed by atoms with van der Waals surface area (Å²) < 4.78 is 41.8. The number of rotatable bonds is 3. The summed E-state index contributed by atoms with van der Waals surface area (Å²) >= 11 is 0. The maximum atomic E-state index is 13.3. The zero-order chi connectivity index (χ0) is 16.2. The Labute approximate surface area is 129 Å². The van der Waals surface area contributed by atoms with Crippen molar-refractivity contribution in [3.05, 3.63) is 35.9 Å². The summed E-state index contributed by atoms with van der Waals surface area (Å²) in [4.78, 5) is 16.2. The Morgan fingerprint density at radius 1 is 1.39 bits per heavy atom. The molecule has 1 aliphatic carbocycles. The molecule has 0 radical (unpaired) electrons. The zero-order valence-corrected chi connectivity index (χ0v) is 12.1. The number of hydrogen-bond donors (Lipinski definition) is 0. The Morgan fingerprint density at radius 3 is 2.87 bits per heavy atom. The normalized spacial score (nSPS) is 18.0. The molecule has 1 aromatic carbocycles. The summed E-state index contributed by atoms with van der Waals surface area (Å²) in [6.07, 6.45) is 1.77. The smallest absolute Gasteiger partial charge is 0.465 e. The molecule has 2 aliphatic rings. The molecule has 0 amide bonds. The van der Waals surface area contributed by atoms with Gasteiger partial charge in [0.15, 0.2) is 11.5 Å². The second kappa shape index (κ2) is 4.68. The van der Waals surface area contributed by atoms with Gasteiger partial charge in [-0.2, -0.15) is 0 Å². The molecular formula is C15H12F2N2O4. The van der Waals surface area contributed by atoms with Crippen LogP contribution in [0.4, 0.5) is 8.78 Å². The Bertz CT molecular complexity index is 799. The van der Waals surface area contributed by atoms with Crippen molar-refractivity contribution in [3.63, 3.8) is 0 Å². The fourth-order valence-corrected chi connectivity index (χ4v) is 2.52. The largest absolute Gasteiger partial charge is 0.586 e.